The molecule has 8 rings (SSSR count). The van der Waals surface area contributed by atoms with Crippen LogP contribution in [-0.2, 0) is 36.9 Å². The van der Waals surface area contributed by atoms with Crippen molar-refractivity contribution in [2.45, 2.75) is 36.5 Å². The highest BCUT2D eigenvalue weighted by Gasteiger charge is 2.70. The van der Waals surface area contributed by atoms with Crippen molar-refractivity contribution >= 4 is 46.6 Å². The number of amides is 4. The summed E-state index contributed by atoms with van der Waals surface area (Å²) in [5, 5.41) is 12.0. The van der Waals surface area contributed by atoms with E-state index in [0.29, 0.717) is 28.2 Å². The molecule has 56 heavy (non-hydrogen) atoms. The van der Waals surface area contributed by atoms with Crippen LogP contribution in [0.4, 0.5) is 37.7 Å². The van der Waals surface area contributed by atoms with E-state index in [1.807, 2.05) is 0 Å². The lowest BCUT2D eigenvalue weighted by Crippen LogP contribution is -2.53. The minimum absolute atomic E-state index is 0.0328. The fourth-order valence-electron chi connectivity index (χ4n) is 9.35. The Balaban J connectivity index is 1.34. The minimum Gasteiger partial charge on any atom is -0.504 e. The van der Waals surface area contributed by atoms with Gasteiger partial charge in [-0.1, -0.05) is 71.8 Å². The van der Waals surface area contributed by atoms with Crippen molar-refractivity contribution in [2.24, 2.45) is 23.7 Å². The number of nitrogens with zero attached hydrogens (tertiary/aromatic N) is 2. The Morgan fingerprint density at radius 3 is 2.04 bits per heavy atom. The number of fused-ring (bicyclic) bond motifs is 4. The zero-order valence-corrected chi connectivity index (χ0v) is 29.8. The number of carbonyl (C=O) groups is 4. The van der Waals surface area contributed by atoms with Gasteiger partial charge in [-0.3, -0.25) is 19.2 Å². The number of imide groups is 2. The number of carbonyl (C=O) groups excluding carboxylic acids is 4. The van der Waals surface area contributed by atoms with E-state index in [1.54, 1.807) is 60.7 Å². The van der Waals surface area contributed by atoms with Gasteiger partial charge in [0.2, 0.25) is 23.6 Å². The molecular formula is C41H29ClF6N2O6. The van der Waals surface area contributed by atoms with Gasteiger partial charge < -0.3 is 9.84 Å². The van der Waals surface area contributed by atoms with Crippen LogP contribution in [0, 0.1) is 23.7 Å². The van der Waals surface area contributed by atoms with Gasteiger partial charge in [-0.2, -0.15) is 26.3 Å². The van der Waals surface area contributed by atoms with Crippen molar-refractivity contribution in [3.63, 3.8) is 0 Å². The molecule has 0 radical (unpaired) electrons. The van der Waals surface area contributed by atoms with E-state index in [1.165, 1.54) is 25.3 Å². The van der Waals surface area contributed by atoms with Crippen LogP contribution >= 0.6 is 11.6 Å². The molecule has 8 nitrogen and oxygen atoms in total. The third kappa shape index (κ3) is 5.43. The van der Waals surface area contributed by atoms with Gasteiger partial charge in [0.15, 0.2) is 11.5 Å². The van der Waals surface area contributed by atoms with Crippen molar-refractivity contribution in [3.8, 4) is 11.5 Å². The van der Waals surface area contributed by atoms with E-state index in [0.717, 1.165) is 4.90 Å². The van der Waals surface area contributed by atoms with Gasteiger partial charge in [0, 0.05) is 16.5 Å². The SMILES string of the molecule is COc1cccc(C2C3=CCC4C(=O)N(c5cc(C(F)(F)F)cc(C(F)(F)F)c5)C(=O)C4C3CC3C(=O)N(c4cccc(Cl)c4)C(=O)C32c2ccccc2)c1O. The number of anilines is 2. The number of ether oxygens (including phenoxy) is 1. The summed E-state index contributed by atoms with van der Waals surface area (Å²) in [5.41, 5.74) is -4.96. The molecule has 2 heterocycles. The zero-order chi connectivity index (χ0) is 40.1. The standard InChI is InChI=1S/C41H29ClF6N2O6/c1-56-31-12-6-11-28(34(31)51)33-26-13-14-27-32(37(54)49(35(27)52)25-16-21(40(43,44)45)15-22(17-25)41(46,47)48)29(26)19-30-36(53)50(24-10-5-9-23(42)18-24)38(55)39(30,33)20-7-3-2-4-8-20/h2-13,15-18,27,29-30,32-33,51H,14,19H2,1H3. The second-order valence-corrected chi connectivity index (χ2v) is 14.7. The summed E-state index contributed by atoms with van der Waals surface area (Å²) in [6.45, 7) is 0. The molecule has 4 aromatic carbocycles. The maximum absolute atomic E-state index is 15.3. The van der Waals surface area contributed by atoms with Gasteiger partial charge in [-0.15, -0.1) is 0 Å². The van der Waals surface area contributed by atoms with Crippen LogP contribution in [0.5, 0.6) is 11.5 Å². The highest BCUT2D eigenvalue weighted by molar-refractivity contribution is 6.32. The smallest absolute Gasteiger partial charge is 0.416 e. The van der Waals surface area contributed by atoms with Crippen LogP contribution < -0.4 is 14.5 Å². The van der Waals surface area contributed by atoms with Crippen molar-refractivity contribution in [1.82, 2.24) is 0 Å². The minimum atomic E-state index is -5.25. The molecule has 2 saturated heterocycles. The molecule has 1 saturated carbocycles. The number of alkyl halides is 6. The number of para-hydroxylation sites is 1. The van der Waals surface area contributed by atoms with Crippen molar-refractivity contribution in [1.29, 1.82) is 0 Å². The van der Waals surface area contributed by atoms with E-state index in [2.05, 4.69) is 0 Å². The molecule has 2 aliphatic carbocycles. The molecular weight excluding hydrogens is 766 g/mol. The van der Waals surface area contributed by atoms with Gasteiger partial charge in [-0.05, 0) is 66.8 Å². The first-order chi connectivity index (χ1) is 26.5. The van der Waals surface area contributed by atoms with Crippen LogP contribution in [0.15, 0.2) is 103 Å². The quantitative estimate of drug-likeness (QED) is 0.124. The number of hydrogen-bond donors (Lipinski definition) is 1. The Bertz CT molecular complexity index is 2330. The van der Waals surface area contributed by atoms with E-state index in [-0.39, 0.29) is 46.7 Å². The lowest BCUT2D eigenvalue weighted by molar-refractivity contribution is -0.143. The maximum Gasteiger partial charge on any atom is 0.416 e. The van der Waals surface area contributed by atoms with Gasteiger partial charge in [0.1, 0.15) is 0 Å². The molecule has 0 aromatic heterocycles. The monoisotopic (exact) mass is 794 g/mol. The summed E-state index contributed by atoms with van der Waals surface area (Å²) >= 11 is 6.32. The number of aromatic hydroxyl groups is 1. The van der Waals surface area contributed by atoms with Crippen LogP contribution in [0.3, 0.4) is 0 Å². The number of halogens is 7. The largest absolute Gasteiger partial charge is 0.504 e. The highest BCUT2D eigenvalue weighted by atomic mass is 35.5. The first-order valence-corrected chi connectivity index (χ1v) is 17.8. The first-order valence-electron chi connectivity index (χ1n) is 17.4. The van der Waals surface area contributed by atoms with Crippen LogP contribution in [0.2, 0.25) is 5.02 Å². The number of allylic oxidation sites excluding steroid dienone is 2. The van der Waals surface area contributed by atoms with Crippen LogP contribution in [-0.4, -0.2) is 35.8 Å². The van der Waals surface area contributed by atoms with E-state index >= 15 is 4.79 Å². The van der Waals surface area contributed by atoms with Crippen LogP contribution in [0.1, 0.15) is 41.0 Å². The molecule has 6 unspecified atom stereocenters. The average Bonchev–Trinajstić information content (AvgIpc) is 3.55. The lowest BCUT2D eigenvalue weighted by Gasteiger charge is -2.50. The molecule has 3 fully saturated rings. The molecule has 0 bridgehead atoms. The number of phenols is 1. The predicted octanol–water partition coefficient (Wildman–Crippen LogP) is 8.46. The van der Waals surface area contributed by atoms with Gasteiger partial charge in [0.05, 0.1) is 52.8 Å². The molecule has 1 N–H and O–H groups in total. The molecule has 2 aliphatic heterocycles. The second kappa shape index (κ2) is 13.0. The Hall–Kier alpha value is -5.63. The number of rotatable bonds is 5. The zero-order valence-electron chi connectivity index (χ0n) is 29.1. The molecule has 15 heteroatoms. The topological polar surface area (TPSA) is 104 Å². The van der Waals surface area contributed by atoms with Gasteiger partial charge in [-0.25, -0.2) is 9.80 Å². The Kier molecular flexibility index (Phi) is 8.64. The number of benzene rings is 4. The van der Waals surface area contributed by atoms with Crippen LogP contribution in [0.25, 0.3) is 0 Å². The predicted molar refractivity (Wildman–Crippen MR) is 190 cm³/mol. The van der Waals surface area contributed by atoms with E-state index in [9.17, 15) is 45.8 Å². The van der Waals surface area contributed by atoms with Crippen molar-refractivity contribution in [3.05, 3.63) is 130 Å². The Morgan fingerprint density at radius 2 is 1.41 bits per heavy atom. The normalized spacial score (nSPS) is 26.2. The summed E-state index contributed by atoms with van der Waals surface area (Å²) < 4.78 is 88.9. The summed E-state index contributed by atoms with van der Waals surface area (Å²) in [7, 11) is 1.32. The Labute approximate surface area is 319 Å². The fraction of sp³-hybridized carbons (Fsp3) is 0.268. The molecule has 4 aromatic rings. The van der Waals surface area contributed by atoms with E-state index < -0.39 is 87.8 Å². The highest BCUT2D eigenvalue weighted by Crippen LogP contribution is 2.65. The molecule has 4 aliphatic rings. The van der Waals surface area contributed by atoms with Crippen molar-refractivity contribution < 1.29 is 55.4 Å². The van der Waals surface area contributed by atoms with Gasteiger partial charge in [0.25, 0.3) is 0 Å². The van der Waals surface area contributed by atoms with Crippen molar-refractivity contribution in [2.75, 3.05) is 16.9 Å². The molecule has 0 spiro atoms. The summed E-state index contributed by atoms with van der Waals surface area (Å²) in [6.07, 6.45) is -9.25. The third-order valence-electron chi connectivity index (χ3n) is 11.6. The number of methoxy groups -OCH3 is 1. The Morgan fingerprint density at radius 1 is 0.750 bits per heavy atom. The number of hydrogen-bond acceptors (Lipinski definition) is 6. The average molecular weight is 795 g/mol. The van der Waals surface area contributed by atoms with Gasteiger partial charge >= 0.3 is 12.4 Å². The summed E-state index contributed by atoms with van der Waals surface area (Å²) in [4.78, 5) is 60.1. The molecule has 4 amide bonds. The lowest BCUT2D eigenvalue weighted by atomic mass is 9.49. The second-order valence-electron chi connectivity index (χ2n) is 14.3. The van der Waals surface area contributed by atoms with E-state index in [4.69, 9.17) is 16.3 Å². The third-order valence-corrected chi connectivity index (χ3v) is 11.8. The first kappa shape index (κ1) is 37.3. The molecule has 288 valence electrons. The molecule has 6 atom stereocenters. The fourth-order valence-corrected chi connectivity index (χ4v) is 9.53. The summed E-state index contributed by atoms with van der Waals surface area (Å²) in [5.74, 6) is -9.75. The number of phenolic OH excluding ortho intramolecular Hbond substituents is 1. The summed E-state index contributed by atoms with van der Waals surface area (Å²) in [6, 6.07) is 19.7. The maximum atomic E-state index is 15.3.